The molecule has 1 aliphatic rings. The number of hydrogen-bond acceptors (Lipinski definition) is 3. The lowest BCUT2D eigenvalue weighted by atomic mass is 10.0. The zero-order valence-corrected chi connectivity index (χ0v) is 13.3. The van der Waals surface area contributed by atoms with Crippen LogP contribution < -0.4 is 5.73 Å². The molecule has 2 rings (SSSR count). The fourth-order valence-corrected chi connectivity index (χ4v) is 2.02. The molecule has 0 aromatic heterocycles. The maximum absolute atomic E-state index is 12.1. The number of carbonyl (C=O) groups excluding carboxylic acids is 1. The number of rotatable bonds is 8. The van der Waals surface area contributed by atoms with Crippen molar-refractivity contribution in [1.29, 1.82) is 0 Å². The number of nitrogens with two attached hydrogens (primary N) is 1. The van der Waals surface area contributed by atoms with Crippen LogP contribution in [0.2, 0.25) is 0 Å². The van der Waals surface area contributed by atoms with Crippen molar-refractivity contribution in [2.45, 2.75) is 25.3 Å². The predicted octanol–water partition coefficient (Wildman–Crippen LogP) is 2.38. The van der Waals surface area contributed by atoms with Gasteiger partial charge in [0.15, 0.2) is 0 Å². The van der Waals surface area contributed by atoms with Crippen LogP contribution in [-0.2, 0) is 9.53 Å². The van der Waals surface area contributed by atoms with Crippen LogP contribution in [0.25, 0.3) is 0 Å². The maximum Gasteiger partial charge on any atom is 0.224 e. The van der Waals surface area contributed by atoms with E-state index in [1.54, 1.807) is 11.9 Å². The summed E-state index contributed by atoms with van der Waals surface area (Å²) in [6.45, 7) is 2.08. The second kappa shape index (κ2) is 9.03. The number of hydrogen-bond donors (Lipinski definition) is 1. The smallest absolute Gasteiger partial charge is 0.224 e. The first-order chi connectivity index (χ1) is 9.66. The lowest BCUT2D eigenvalue weighted by Crippen LogP contribution is -2.32. The van der Waals surface area contributed by atoms with Crippen molar-refractivity contribution in [3.8, 4) is 0 Å². The van der Waals surface area contributed by atoms with Crippen LogP contribution >= 0.6 is 12.4 Å². The largest absolute Gasteiger partial charge is 0.379 e. The van der Waals surface area contributed by atoms with E-state index in [4.69, 9.17) is 10.5 Å². The Labute approximate surface area is 133 Å². The molecule has 0 heterocycles. The van der Waals surface area contributed by atoms with Gasteiger partial charge in [-0.2, -0.15) is 0 Å². The van der Waals surface area contributed by atoms with Gasteiger partial charge in [-0.1, -0.05) is 30.3 Å². The molecule has 0 spiro atoms. The lowest BCUT2D eigenvalue weighted by molar-refractivity contribution is -0.131. The van der Waals surface area contributed by atoms with Gasteiger partial charge in [0, 0.05) is 32.7 Å². The highest BCUT2D eigenvalue weighted by molar-refractivity contribution is 5.85. The third-order valence-electron chi connectivity index (χ3n) is 3.67. The third kappa shape index (κ3) is 6.46. The Hall–Kier alpha value is -1.10. The summed E-state index contributed by atoms with van der Waals surface area (Å²) in [4.78, 5) is 13.8. The van der Waals surface area contributed by atoms with Crippen LogP contribution in [0.1, 0.15) is 30.9 Å². The van der Waals surface area contributed by atoms with Crippen molar-refractivity contribution in [3.63, 3.8) is 0 Å². The number of nitrogens with zero attached hydrogens (tertiary/aromatic N) is 1. The van der Waals surface area contributed by atoms with Gasteiger partial charge in [0.25, 0.3) is 0 Å². The molecule has 1 amide bonds. The normalized spacial score (nSPS) is 15.1. The van der Waals surface area contributed by atoms with E-state index in [9.17, 15) is 4.79 Å². The summed E-state index contributed by atoms with van der Waals surface area (Å²) in [5.74, 6) is 0.832. The molecule has 1 aromatic carbocycles. The summed E-state index contributed by atoms with van der Waals surface area (Å²) in [6, 6.07) is 9.50. The van der Waals surface area contributed by atoms with Crippen LogP contribution in [-0.4, -0.2) is 37.6 Å². The fraction of sp³-hybridized carbons (Fsp3) is 0.562. The van der Waals surface area contributed by atoms with Gasteiger partial charge in [-0.05, 0) is 24.3 Å². The first kappa shape index (κ1) is 18.0. The molecule has 21 heavy (non-hydrogen) atoms. The Morgan fingerprint density at radius 1 is 1.38 bits per heavy atom. The minimum Gasteiger partial charge on any atom is -0.379 e. The molecule has 0 bridgehead atoms. The standard InChI is InChI=1S/C16H24N2O2.ClH/c1-18(9-10-20-12-13-7-8-13)16(19)11-15(17)14-5-3-2-4-6-14;/h2-6,13,15H,7-12,17H2,1H3;1H. The number of ether oxygens (including phenoxy) is 1. The summed E-state index contributed by atoms with van der Waals surface area (Å²) in [5, 5.41) is 0. The van der Waals surface area contributed by atoms with Crippen molar-refractivity contribution in [3.05, 3.63) is 35.9 Å². The molecule has 1 aliphatic carbocycles. The van der Waals surface area contributed by atoms with E-state index in [0.29, 0.717) is 19.6 Å². The summed E-state index contributed by atoms with van der Waals surface area (Å²) >= 11 is 0. The first-order valence-corrected chi connectivity index (χ1v) is 7.29. The molecule has 1 aromatic rings. The Balaban J connectivity index is 0.00000220. The molecule has 5 heteroatoms. The summed E-state index contributed by atoms with van der Waals surface area (Å²) in [5.41, 5.74) is 7.06. The van der Waals surface area contributed by atoms with Crippen molar-refractivity contribution in [2.24, 2.45) is 11.7 Å². The second-order valence-corrected chi connectivity index (χ2v) is 5.55. The lowest BCUT2D eigenvalue weighted by Gasteiger charge is -2.19. The highest BCUT2D eigenvalue weighted by atomic mass is 35.5. The predicted molar refractivity (Wildman–Crippen MR) is 86.4 cm³/mol. The van der Waals surface area contributed by atoms with Gasteiger partial charge in [-0.25, -0.2) is 0 Å². The number of halogens is 1. The quantitative estimate of drug-likeness (QED) is 0.750. The first-order valence-electron chi connectivity index (χ1n) is 7.29. The molecule has 4 nitrogen and oxygen atoms in total. The average Bonchev–Trinajstić information content (AvgIpc) is 3.28. The minimum atomic E-state index is -0.237. The van der Waals surface area contributed by atoms with E-state index >= 15 is 0 Å². The highest BCUT2D eigenvalue weighted by Crippen LogP contribution is 2.28. The molecular weight excluding hydrogens is 288 g/mol. The molecule has 2 N–H and O–H groups in total. The van der Waals surface area contributed by atoms with Crippen LogP contribution in [0.15, 0.2) is 30.3 Å². The van der Waals surface area contributed by atoms with Crippen molar-refractivity contribution < 1.29 is 9.53 Å². The SMILES string of the molecule is CN(CCOCC1CC1)C(=O)CC(N)c1ccccc1.Cl. The summed E-state index contributed by atoms with van der Waals surface area (Å²) in [7, 11) is 1.81. The average molecular weight is 313 g/mol. The van der Waals surface area contributed by atoms with Crippen LogP contribution in [0.5, 0.6) is 0 Å². The molecular formula is C16H25ClN2O2. The van der Waals surface area contributed by atoms with Gasteiger partial charge < -0.3 is 15.4 Å². The molecule has 1 fully saturated rings. The van der Waals surface area contributed by atoms with Gasteiger partial charge >= 0.3 is 0 Å². The highest BCUT2D eigenvalue weighted by Gasteiger charge is 2.21. The molecule has 1 unspecified atom stereocenters. The van der Waals surface area contributed by atoms with Crippen LogP contribution in [0.3, 0.4) is 0 Å². The van der Waals surface area contributed by atoms with Crippen molar-refractivity contribution in [2.75, 3.05) is 26.8 Å². The van der Waals surface area contributed by atoms with E-state index < -0.39 is 0 Å². The van der Waals surface area contributed by atoms with Gasteiger partial charge in [0.2, 0.25) is 5.91 Å². The van der Waals surface area contributed by atoms with Gasteiger partial charge in [0.1, 0.15) is 0 Å². The molecule has 118 valence electrons. The minimum absolute atomic E-state index is 0. The topological polar surface area (TPSA) is 55.6 Å². The zero-order chi connectivity index (χ0) is 14.4. The summed E-state index contributed by atoms with van der Waals surface area (Å²) < 4.78 is 5.54. The number of amides is 1. The van der Waals surface area contributed by atoms with E-state index in [0.717, 1.165) is 18.1 Å². The number of likely N-dealkylation sites (N-methyl/N-ethyl adjacent to an activating group) is 1. The van der Waals surface area contributed by atoms with Gasteiger partial charge in [-0.15, -0.1) is 12.4 Å². The van der Waals surface area contributed by atoms with Crippen LogP contribution in [0.4, 0.5) is 0 Å². The van der Waals surface area contributed by atoms with Crippen molar-refractivity contribution >= 4 is 18.3 Å². The molecule has 0 radical (unpaired) electrons. The van der Waals surface area contributed by atoms with Crippen LogP contribution in [0, 0.1) is 5.92 Å². The third-order valence-corrected chi connectivity index (χ3v) is 3.67. The molecule has 0 saturated heterocycles. The number of benzene rings is 1. The Morgan fingerprint density at radius 3 is 2.67 bits per heavy atom. The van der Waals surface area contributed by atoms with E-state index in [2.05, 4.69) is 0 Å². The Bertz CT molecular complexity index is 424. The second-order valence-electron chi connectivity index (χ2n) is 5.55. The Kier molecular flexibility index (Phi) is 7.72. The molecule has 1 atom stereocenters. The molecule has 1 saturated carbocycles. The zero-order valence-electron chi connectivity index (χ0n) is 12.5. The maximum atomic E-state index is 12.1. The summed E-state index contributed by atoms with van der Waals surface area (Å²) in [6.07, 6.45) is 2.92. The van der Waals surface area contributed by atoms with E-state index in [1.165, 1.54) is 12.8 Å². The van der Waals surface area contributed by atoms with E-state index in [1.807, 2.05) is 30.3 Å². The van der Waals surface area contributed by atoms with Gasteiger partial charge in [-0.3, -0.25) is 4.79 Å². The molecule has 0 aliphatic heterocycles. The van der Waals surface area contributed by atoms with E-state index in [-0.39, 0.29) is 24.4 Å². The number of carbonyl (C=O) groups is 1. The fourth-order valence-electron chi connectivity index (χ4n) is 2.02. The van der Waals surface area contributed by atoms with Gasteiger partial charge in [0.05, 0.1) is 6.61 Å². The Morgan fingerprint density at radius 2 is 2.05 bits per heavy atom. The monoisotopic (exact) mass is 312 g/mol. The van der Waals surface area contributed by atoms with Crippen molar-refractivity contribution in [1.82, 2.24) is 4.90 Å².